The van der Waals surface area contributed by atoms with E-state index in [1.165, 1.54) is 0 Å². The Morgan fingerprint density at radius 2 is 2.05 bits per heavy atom. The molecule has 1 aromatic rings. The summed E-state index contributed by atoms with van der Waals surface area (Å²) in [5, 5.41) is 2.57. The van der Waals surface area contributed by atoms with Gasteiger partial charge in [0, 0.05) is 11.6 Å². The number of hydrogen-bond acceptors (Lipinski definition) is 2. The molecule has 0 fully saturated rings. The smallest absolute Gasteiger partial charge is 0.349 e. The lowest BCUT2D eigenvalue weighted by atomic mass is 10.1. The quantitative estimate of drug-likeness (QED) is 0.820. The molecule has 1 atom stereocenters. The predicted octanol–water partition coefficient (Wildman–Crippen LogP) is 2.70. The lowest BCUT2D eigenvalue weighted by Crippen LogP contribution is -2.36. The van der Waals surface area contributed by atoms with E-state index in [0.717, 1.165) is 6.07 Å². The van der Waals surface area contributed by atoms with Crippen LogP contribution in [0.25, 0.3) is 0 Å². The summed E-state index contributed by atoms with van der Waals surface area (Å²) in [6.07, 6.45) is -3.70. The van der Waals surface area contributed by atoms with E-state index in [0.29, 0.717) is 31.5 Å². The van der Waals surface area contributed by atoms with Crippen molar-refractivity contribution in [3.8, 4) is 0 Å². The van der Waals surface area contributed by atoms with Crippen LogP contribution in [0.2, 0.25) is 0 Å². The fraction of sp³-hybridized carbons (Fsp3) is 0.462. The second kappa shape index (κ2) is 6.69. The predicted molar refractivity (Wildman–Crippen MR) is 66.6 cm³/mol. The van der Waals surface area contributed by atoms with Crippen molar-refractivity contribution in [2.45, 2.75) is 32.0 Å². The average molecular weight is 292 g/mol. The van der Waals surface area contributed by atoms with Crippen molar-refractivity contribution in [2.24, 2.45) is 5.73 Å². The number of carbonyl (C=O) groups is 1. The molecular formula is C13H16F4N2O. The molecule has 0 radical (unpaired) electrons. The average Bonchev–Trinajstić information content (AvgIpc) is 2.37. The van der Waals surface area contributed by atoms with Crippen molar-refractivity contribution < 1.29 is 22.4 Å². The van der Waals surface area contributed by atoms with Gasteiger partial charge in [0.1, 0.15) is 5.82 Å². The number of alkyl halides is 3. The molecule has 0 saturated carbocycles. The summed E-state index contributed by atoms with van der Waals surface area (Å²) in [7, 11) is 0. The van der Waals surface area contributed by atoms with Gasteiger partial charge in [-0.15, -0.1) is 0 Å². The second-order valence-electron chi connectivity index (χ2n) is 4.35. The molecule has 0 bridgehead atoms. The van der Waals surface area contributed by atoms with E-state index >= 15 is 0 Å². The first kappa shape index (κ1) is 16.4. The summed E-state index contributed by atoms with van der Waals surface area (Å²) in [6, 6.07) is 1.96. The number of amides is 1. The first-order chi connectivity index (χ1) is 9.29. The summed E-state index contributed by atoms with van der Waals surface area (Å²) < 4.78 is 50.8. The molecule has 0 spiro atoms. The maximum atomic E-state index is 13.1. The fourth-order valence-corrected chi connectivity index (χ4v) is 1.73. The number of hydrogen-bond donors (Lipinski definition) is 2. The Hall–Kier alpha value is -1.63. The standard InChI is InChI=1S/C13H16F4N2O/c1-2-9(5-6-18)19-12(20)8-3-4-11(14)10(7-8)13(15,16)17/h3-4,7,9H,2,5-6,18H2,1H3,(H,19,20). The van der Waals surface area contributed by atoms with E-state index in [1.54, 1.807) is 0 Å². The Kier molecular flexibility index (Phi) is 5.50. The Bertz CT molecular complexity index is 474. The van der Waals surface area contributed by atoms with Crippen LogP contribution >= 0.6 is 0 Å². The molecule has 0 aliphatic carbocycles. The first-order valence-electron chi connectivity index (χ1n) is 6.17. The third-order valence-corrected chi connectivity index (χ3v) is 2.88. The van der Waals surface area contributed by atoms with Gasteiger partial charge in [-0.05, 0) is 37.6 Å². The molecule has 0 saturated heterocycles. The van der Waals surface area contributed by atoms with Crippen LogP contribution in [-0.2, 0) is 6.18 Å². The van der Waals surface area contributed by atoms with Gasteiger partial charge >= 0.3 is 6.18 Å². The number of benzene rings is 1. The van der Waals surface area contributed by atoms with Gasteiger partial charge in [0.15, 0.2) is 0 Å². The van der Waals surface area contributed by atoms with Crippen LogP contribution in [0.4, 0.5) is 17.6 Å². The zero-order chi connectivity index (χ0) is 15.3. The van der Waals surface area contributed by atoms with Gasteiger partial charge in [-0.25, -0.2) is 4.39 Å². The minimum atomic E-state index is -4.83. The molecule has 3 N–H and O–H groups in total. The molecule has 0 heterocycles. The van der Waals surface area contributed by atoms with Crippen molar-refractivity contribution in [3.05, 3.63) is 35.1 Å². The molecule has 0 aliphatic rings. The summed E-state index contributed by atoms with van der Waals surface area (Å²) >= 11 is 0. The van der Waals surface area contributed by atoms with Crippen LogP contribution in [-0.4, -0.2) is 18.5 Å². The van der Waals surface area contributed by atoms with Crippen molar-refractivity contribution in [1.82, 2.24) is 5.32 Å². The molecular weight excluding hydrogens is 276 g/mol. The summed E-state index contributed by atoms with van der Waals surface area (Å²) in [4.78, 5) is 11.8. The Labute approximate surface area is 114 Å². The van der Waals surface area contributed by atoms with Gasteiger partial charge in [-0.1, -0.05) is 6.92 Å². The first-order valence-corrected chi connectivity index (χ1v) is 6.17. The molecule has 20 heavy (non-hydrogen) atoms. The second-order valence-corrected chi connectivity index (χ2v) is 4.35. The molecule has 1 rings (SSSR count). The van der Waals surface area contributed by atoms with E-state index in [1.807, 2.05) is 6.92 Å². The number of carbonyl (C=O) groups excluding carboxylic acids is 1. The molecule has 1 amide bonds. The lowest BCUT2D eigenvalue weighted by molar-refractivity contribution is -0.140. The number of halogens is 4. The number of nitrogens with one attached hydrogen (secondary N) is 1. The molecule has 1 unspecified atom stereocenters. The summed E-state index contributed by atoms with van der Waals surface area (Å²) in [5.41, 5.74) is 3.70. The molecule has 7 heteroatoms. The minimum absolute atomic E-state index is 0.216. The highest BCUT2D eigenvalue weighted by Gasteiger charge is 2.34. The maximum absolute atomic E-state index is 13.1. The summed E-state index contributed by atoms with van der Waals surface area (Å²) in [6.45, 7) is 2.18. The molecule has 3 nitrogen and oxygen atoms in total. The Balaban J connectivity index is 2.94. The Morgan fingerprint density at radius 1 is 1.40 bits per heavy atom. The van der Waals surface area contributed by atoms with E-state index in [4.69, 9.17) is 5.73 Å². The van der Waals surface area contributed by atoms with Gasteiger partial charge in [-0.3, -0.25) is 4.79 Å². The van der Waals surface area contributed by atoms with Crippen LogP contribution in [0.5, 0.6) is 0 Å². The van der Waals surface area contributed by atoms with Crippen molar-refractivity contribution in [3.63, 3.8) is 0 Å². The van der Waals surface area contributed by atoms with Gasteiger partial charge in [0.25, 0.3) is 5.91 Å². The minimum Gasteiger partial charge on any atom is -0.349 e. The molecule has 0 aromatic heterocycles. The number of rotatable bonds is 5. The lowest BCUT2D eigenvalue weighted by Gasteiger charge is -2.16. The fourth-order valence-electron chi connectivity index (χ4n) is 1.73. The largest absolute Gasteiger partial charge is 0.419 e. The van der Waals surface area contributed by atoms with Crippen molar-refractivity contribution in [1.29, 1.82) is 0 Å². The zero-order valence-corrected chi connectivity index (χ0v) is 10.9. The van der Waals surface area contributed by atoms with E-state index in [9.17, 15) is 22.4 Å². The van der Waals surface area contributed by atoms with Crippen LogP contribution in [0.1, 0.15) is 35.7 Å². The van der Waals surface area contributed by atoms with Crippen LogP contribution in [0.15, 0.2) is 18.2 Å². The monoisotopic (exact) mass is 292 g/mol. The topological polar surface area (TPSA) is 55.1 Å². The van der Waals surface area contributed by atoms with Gasteiger partial charge in [0.2, 0.25) is 0 Å². The zero-order valence-electron chi connectivity index (χ0n) is 10.9. The highest BCUT2D eigenvalue weighted by atomic mass is 19.4. The highest BCUT2D eigenvalue weighted by Crippen LogP contribution is 2.31. The van der Waals surface area contributed by atoms with E-state index < -0.39 is 23.5 Å². The SMILES string of the molecule is CCC(CCN)NC(=O)c1ccc(F)c(C(F)(F)F)c1. The van der Waals surface area contributed by atoms with E-state index in [2.05, 4.69) is 5.32 Å². The van der Waals surface area contributed by atoms with Crippen LogP contribution in [0.3, 0.4) is 0 Å². The Morgan fingerprint density at radius 3 is 2.55 bits per heavy atom. The van der Waals surface area contributed by atoms with E-state index in [-0.39, 0.29) is 11.6 Å². The number of nitrogens with two attached hydrogens (primary N) is 1. The highest BCUT2D eigenvalue weighted by molar-refractivity contribution is 5.94. The van der Waals surface area contributed by atoms with Gasteiger partial charge in [0.05, 0.1) is 5.56 Å². The maximum Gasteiger partial charge on any atom is 0.419 e. The molecule has 1 aromatic carbocycles. The van der Waals surface area contributed by atoms with Gasteiger partial charge < -0.3 is 11.1 Å². The van der Waals surface area contributed by atoms with Crippen LogP contribution in [0, 0.1) is 5.82 Å². The van der Waals surface area contributed by atoms with Crippen LogP contribution < -0.4 is 11.1 Å². The third-order valence-electron chi connectivity index (χ3n) is 2.88. The van der Waals surface area contributed by atoms with Crippen molar-refractivity contribution >= 4 is 5.91 Å². The third kappa shape index (κ3) is 4.19. The molecule has 112 valence electrons. The molecule has 0 aliphatic heterocycles. The summed E-state index contributed by atoms with van der Waals surface area (Å²) in [5.74, 6) is -2.07. The van der Waals surface area contributed by atoms with Crippen molar-refractivity contribution in [2.75, 3.05) is 6.54 Å². The normalized spacial score (nSPS) is 13.1. The van der Waals surface area contributed by atoms with Gasteiger partial charge in [-0.2, -0.15) is 13.2 Å².